The van der Waals surface area contributed by atoms with E-state index in [1.165, 1.54) is 10.6 Å². The van der Waals surface area contributed by atoms with E-state index in [1.54, 1.807) is 12.5 Å². The molecule has 0 bridgehead atoms. The highest BCUT2D eigenvalue weighted by molar-refractivity contribution is 7.88. The highest BCUT2D eigenvalue weighted by Gasteiger charge is 2.29. The lowest BCUT2D eigenvalue weighted by Gasteiger charge is -2.30. The van der Waals surface area contributed by atoms with Crippen molar-refractivity contribution >= 4 is 15.9 Å². The number of hydrogen-bond donors (Lipinski definition) is 1. The van der Waals surface area contributed by atoms with Gasteiger partial charge in [0.15, 0.2) is 0 Å². The van der Waals surface area contributed by atoms with Crippen molar-refractivity contribution in [2.24, 2.45) is 5.92 Å². The van der Waals surface area contributed by atoms with E-state index in [4.69, 9.17) is 4.42 Å². The number of hydrogen-bond acceptors (Lipinski definition) is 4. The first-order valence-corrected chi connectivity index (χ1v) is 8.97. The molecule has 1 fully saturated rings. The van der Waals surface area contributed by atoms with Crippen molar-refractivity contribution in [1.29, 1.82) is 0 Å². The molecule has 0 saturated carbocycles. The number of sulfonamides is 1. The van der Waals surface area contributed by atoms with Crippen molar-refractivity contribution in [3.05, 3.63) is 24.2 Å². The Morgan fingerprint density at radius 1 is 1.48 bits per heavy atom. The van der Waals surface area contributed by atoms with Gasteiger partial charge in [-0.3, -0.25) is 4.79 Å². The first-order valence-electron chi connectivity index (χ1n) is 7.13. The third kappa shape index (κ3) is 4.57. The number of amides is 1. The summed E-state index contributed by atoms with van der Waals surface area (Å²) in [5.41, 5.74) is 1.05. The van der Waals surface area contributed by atoms with Crippen molar-refractivity contribution in [2.75, 3.05) is 19.3 Å². The SMILES string of the molecule is CC(Cc1ccoc1)NC(=O)C1CCN(S(C)(=O)=O)CC1. The van der Waals surface area contributed by atoms with Crippen molar-refractivity contribution < 1.29 is 17.6 Å². The smallest absolute Gasteiger partial charge is 0.223 e. The highest BCUT2D eigenvalue weighted by atomic mass is 32.2. The Kier molecular flexibility index (Phi) is 5.05. The van der Waals surface area contributed by atoms with Crippen molar-refractivity contribution in [3.8, 4) is 0 Å². The molecule has 21 heavy (non-hydrogen) atoms. The Balaban J connectivity index is 1.79. The van der Waals surface area contributed by atoms with Crippen LogP contribution < -0.4 is 5.32 Å². The van der Waals surface area contributed by atoms with E-state index < -0.39 is 10.0 Å². The van der Waals surface area contributed by atoms with Crippen LogP contribution in [0.15, 0.2) is 23.0 Å². The van der Waals surface area contributed by atoms with Gasteiger partial charge in [0.2, 0.25) is 15.9 Å². The molecular weight excluding hydrogens is 292 g/mol. The Morgan fingerprint density at radius 3 is 2.67 bits per heavy atom. The van der Waals surface area contributed by atoms with Gasteiger partial charge < -0.3 is 9.73 Å². The van der Waals surface area contributed by atoms with Gasteiger partial charge in [-0.2, -0.15) is 0 Å². The van der Waals surface area contributed by atoms with Gasteiger partial charge in [0.05, 0.1) is 18.8 Å². The lowest BCUT2D eigenvalue weighted by molar-refractivity contribution is -0.126. The largest absolute Gasteiger partial charge is 0.472 e. The molecule has 0 aliphatic carbocycles. The molecule has 1 aromatic heterocycles. The van der Waals surface area contributed by atoms with Crippen LogP contribution in [0.1, 0.15) is 25.3 Å². The fourth-order valence-electron chi connectivity index (χ4n) is 2.62. The van der Waals surface area contributed by atoms with E-state index in [0.717, 1.165) is 12.0 Å². The molecule has 6 nitrogen and oxygen atoms in total. The summed E-state index contributed by atoms with van der Waals surface area (Å²) in [7, 11) is -3.14. The van der Waals surface area contributed by atoms with Crippen LogP contribution >= 0.6 is 0 Å². The normalized spacial score (nSPS) is 19.3. The van der Waals surface area contributed by atoms with Gasteiger partial charge in [-0.25, -0.2) is 12.7 Å². The molecule has 1 unspecified atom stereocenters. The van der Waals surface area contributed by atoms with Gasteiger partial charge in [0.25, 0.3) is 0 Å². The second-order valence-electron chi connectivity index (χ2n) is 5.68. The molecule has 1 atom stereocenters. The zero-order valence-electron chi connectivity index (χ0n) is 12.4. The lowest BCUT2D eigenvalue weighted by atomic mass is 9.96. The third-order valence-electron chi connectivity index (χ3n) is 3.80. The van der Waals surface area contributed by atoms with Crippen LogP contribution in [0.5, 0.6) is 0 Å². The van der Waals surface area contributed by atoms with Crippen LogP contribution in [0.3, 0.4) is 0 Å². The van der Waals surface area contributed by atoms with Gasteiger partial charge in [-0.15, -0.1) is 0 Å². The minimum atomic E-state index is -3.14. The second-order valence-corrected chi connectivity index (χ2v) is 7.66. The maximum Gasteiger partial charge on any atom is 0.223 e. The Labute approximate surface area is 125 Å². The fraction of sp³-hybridized carbons (Fsp3) is 0.643. The summed E-state index contributed by atoms with van der Waals surface area (Å²) in [4.78, 5) is 12.2. The Hall–Kier alpha value is -1.34. The number of piperidine rings is 1. The molecule has 1 aliphatic rings. The summed E-state index contributed by atoms with van der Waals surface area (Å²) in [6.07, 6.45) is 6.39. The maximum absolute atomic E-state index is 12.2. The average molecular weight is 314 g/mol. The number of nitrogens with one attached hydrogen (secondary N) is 1. The highest BCUT2D eigenvalue weighted by Crippen LogP contribution is 2.19. The average Bonchev–Trinajstić information content (AvgIpc) is 2.90. The molecule has 2 heterocycles. The van der Waals surface area contributed by atoms with Crippen LogP contribution in [-0.4, -0.2) is 44.0 Å². The van der Waals surface area contributed by atoms with Gasteiger partial charge in [0.1, 0.15) is 0 Å². The van der Waals surface area contributed by atoms with Crippen LogP contribution in [0.4, 0.5) is 0 Å². The second kappa shape index (κ2) is 6.62. The number of nitrogens with zero attached hydrogens (tertiary/aromatic N) is 1. The van der Waals surface area contributed by atoms with Gasteiger partial charge in [0, 0.05) is 25.0 Å². The predicted molar refractivity (Wildman–Crippen MR) is 79.2 cm³/mol. The van der Waals surface area contributed by atoms with Crippen LogP contribution in [0.2, 0.25) is 0 Å². The Bertz CT molecular complexity index is 560. The molecule has 1 aromatic rings. The molecular formula is C14H22N2O4S. The summed E-state index contributed by atoms with van der Waals surface area (Å²) in [5, 5.41) is 2.99. The van der Waals surface area contributed by atoms with E-state index in [9.17, 15) is 13.2 Å². The summed E-state index contributed by atoms with van der Waals surface area (Å²) >= 11 is 0. The molecule has 1 N–H and O–H groups in total. The summed E-state index contributed by atoms with van der Waals surface area (Å²) in [5.74, 6) is -0.0889. The molecule has 0 spiro atoms. The van der Waals surface area contributed by atoms with Gasteiger partial charge in [-0.1, -0.05) is 0 Å². The number of carbonyl (C=O) groups is 1. The summed E-state index contributed by atoms with van der Waals surface area (Å²) in [6, 6.07) is 1.91. The number of furan rings is 1. The number of carbonyl (C=O) groups excluding carboxylic acids is 1. The van der Waals surface area contributed by atoms with E-state index in [0.29, 0.717) is 25.9 Å². The summed E-state index contributed by atoms with van der Waals surface area (Å²) < 4.78 is 29.3. The molecule has 1 aliphatic heterocycles. The molecule has 118 valence electrons. The molecule has 1 amide bonds. The molecule has 0 aromatic carbocycles. The monoisotopic (exact) mass is 314 g/mol. The molecule has 0 radical (unpaired) electrons. The van der Waals surface area contributed by atoms with E-state index in [2.05, 4.69) is 5.32 Å². The molecule has 1 saturated heterocycles. The first kappa shape index (κ1) is 16.0. The van der Waals surface area contributed by atoms with E-state index >= 15 is 0 Å². The standard InChI is InChI=1S/C14H22N2O4S/c1-11(9-12-5-8-20-10-12)15-14(17)13-3-6-16(7-4-13)21(2,18)19/h5,8,10-11,13H,3-4,6-7,9H2,1-2H3,(H,15,17). The third-order valence-corrected chi connectivity index (χ3v) is 5.11. The topological polar surface area (TPSA) is 79.6 Å². The van der Waals surface area contributed by atoms with E-state index in [1.807, 2.05) is 13.0 Å². The molecule has 7 heteroatoms. The van der Waals surface area contributed by atoms with Crippen LogP contribution in [0, 0.1) is 5.92 Å². The van der Waals surface area contributed by atoms with Crippen molar-refractivity contribution in [3.63, 3.8) is 0 Å². The van der Waals surface area contributed by atoms with Crippen LogP contribution in [0.25, 0.3) is 0 Å². The Morgan fingerprint density at radius 2 is 2.14 bits per heavy atom. The minimum absolute atomic E-state index is 0.0131. The minimum Gasteiger partial charge on any atom is -0.472 e. The predicted octanol–water partition coefficient (Wildman–Crippen LogP) is 0.998. The lowest BCUT2D eigenvalue weighted by Crippen LogP contribution is -2.44. The van der Waals surface area contributed by atoms with E-state index in [-0.39, 0.29) is 17.9 Å². The van der Waals surface area contributed by atoms with Crippen LogP contribution in [-0.2, 0) is 21.2 Å². The molecule has 2 rings (SSSR count). The zero-order chi connectivity index (χ0) is 15.5. The van der Waals surface area contributed by atoms with Gasteiger partial charge in [-0.05, 0) is 37.8 Å². The number of rotatable bonds is 5. The van der Waals surface area contributed by atoms with Gasteiger partial charge >= 0.3 is 0 Å². The fourth-order valence-corrected chi connectivity index (χ4v) is 3.50. The quantitative estimate of drug-likeness (QED) is 0.879. The maximum atomic E-state index is 12.2. The van der Waals surface area contributed by atoms with Crippen molar-refractivity contribution in [1.82, 2.24) is 9.62 Å². The summed E-state index contributed by atoms with van der Waals surface area (Å²) in [6.45, 7) is 2.80. The first-order chi connectivity index (χ1) is 9.86. The van der Waals surface area contributed by atoms with Crippen molar-refractivity contribution in [2.45, 2.75) is 32.2 Å². The zero-order valence-corrected chi connectivity index (χ0v) is 13.2.